The minimum Gasteiger partial charge on any atom is -0.313 e. The van der Waals surface area contributed by atoms with Gasteiger partial charge in [0.2, 0.25) is 4.77 Å². The molecule has 1 fully saturated rings. The smallest absolute Gasteiger partial charge is 0.221 e. The zero-order chi connectivity index (χ0) is 18.0. The molecule has 0 aliphatic carbocycles. The number of nitrogens with zero attached hydrogens (tertiary/aromatic N) is 2. The van der Waals surface area contributed by atoms with Crippen molar-refractivity contribution in [2.45, 2.75) is 39.4 Å². The minimum atomic E-state index is -2.88. The Kier molecular flexibility index (Phi) is 5.41. The SMILES string of the molecule is CCc1ccc(-c2nc(=S)n(C[NH+](CC)[C@@H]3CCS(=O)(=O)C3)[nH]2)cc1. The zero-order valence-electron chi connectivity index (χ0n) is 14.7. The summed E-state index contributed by atoms with van der Waals surface area (Å²) in [4.78, 5) is 5.69. The first-order chi connectivity index (χ1) is 11.9. The summed E-state index contributed by atoms with van der Waals surface area (Å²) in [6.07, 6.45) is 1.72. The lowest BCUT2D eigenvalue weighted by molar-refractivity contribution is -0.943. The average molecular weight is 382 g/mol. The maximum atomic E-state index is 11.8. The number of hydrogen-bond donors (Lipinski definition) is 2. The van der Waals surface area contributed by atoms with Crippen LogP contribution in [-0.2, 0) is 22.9 Å². The number of H-pyrrole nitrogens is 1. The van der Waals surface area contributed by atoms with Crippen LogP contribution in [0.5, 0.6) is 0 Å². The van der Waals surface area contributed by atoms with Crippen molar-refractivity contribution in [2.75, 3.05) is 18.1 Å². The first kappa shape index (κ1) is 18.3. The molecule has 1 unspecified atom stereocenters. The van der Waals surface area contributed by atoms with E-state index < -0.39 is 9.84 Å². The molecular formula is C17H25N4O2S2+. The number of nitrogens with one attached hydrogen (secondary N) is 2. The van der Waals surface area contributed by atoms with Gasteiger partial charge in [-0.05, 0) is 31.1 Å². The molecule has 6 nitrogen and oxygen atoms in total. The van der Waals surface area contributed by atoms with Gasteiger partial charge in [0, 0.05) is 12.0 Å². The Balaban J connectivity index is 1.78. The first-order valence-corrected chi connectivity index (χ1v) is 11.0. The number of sulfone groups is 1. The molecule has 136 valence electrons. The molecule has 2 N–H and O–H groups in total. The highest BCUT2D eigenvalue weighted by Gasteiger charge is 2.34. The molecule has 3 rings (SSSR count). The van der Waals surface area contributed by atoms with E-state index in [1.54, 1.807) is 0 Å². The van der Waals surface area contributed by atoms with Gasteiger partial charge in [0.05, 0.1) is 12.3 Å². The summed E-state index contributed by atoms with van der Waals surface area (Å²) < 4.78 is 25.9. The molecule has 1 aromatic heterocycles. The van der Waals surface area contributed by atoms with Gasteiger partial charge in [0.1, 0.15) is 11.8 Å². The van der Waals surface area contributed by atoms with Crippen LogP contribution in [0.1, 0.15) is 25.8 Å². The molecule has 0 radical (unpaired) electrons. The van der Waals surface area contributed by atoms with Gasteiger partial charge >= 0.3 is 0 Å². The van der Waals surface area contributed by atoms with E-state index in [1.807, 2.05) is 16.8 Å². The number of rotatable bonds is 6. The van der Waals surface area contributed by atoms with Gasteiger partial charge in [0.15, 0.2) is 22.3 Å². The van der Waals surface area contributed by atoms with E-state index in [1.165, 1.54) is 10.5 Å². The fraction of sp³-hybridized carbons (Fsp3) is 0.529. The number of quaternary nitrogens is 1. The van der Waals surface area contributed by atoms with E-state index >= 15 is 0 Å². The van der Waals surface area contributed by atoms with Crippen molar-refractivity contribution in [1.29, 1.82) is 0 Å². The van der Waals surface area contributed by atoms with Crippen molar-refractivity contribution in [3.05, 3.63) is 34.6 Å². The van der Waals surface area contributed by atoms with Crippen molar-refractivity contribution >= 4 is 22.1 Å². The summed E-state index contributed by atoms with van der Waals surface area (Å²) >= 11 is 5.40. The first-order valence-electron chi connectivity index (χ1n) is 8.73. The lowest BCUT2D eigenvalue weighted by Crippen LogP contribution is -3.15. The Labute approximate surface area is 153 Å². The van der Waals surface area contributed by atoms with Crippen LogP contribution >= 0.6 is 12.2 Å². The van der Waals surface area contributed by atoms with Crippen LogP contribution in [0.2, 0.25) is 0 Å². The Bertz CT molecular complexity index is 884. The highest BCUT2D eigenvalue weighted by molar-refractivity contribution is 7.91. The topological polar surface area (TPSA) is 72.2 Å². The number of aromatic nitrogens is 3. The predicted molar refractivity (Wildman–Crippen MR) is 101 cm³/mol. The maximum Gasteiger partial charge on any atom is 0.221 e. The van der Waals surface area contributed by atoms with Gasteiger partial charge in [-0.2, -0.15) is 4.98 Å². The summed E-state index contributed by atoms with van der Waals surface area (Å²) in [5, 5.41) is 3.28. The van der Waals surface area contributed by atoms with E-state index in [9.17, 15) is 8.42 Å². The van der Waals surface area contributed by atoms with Crippen molar-refractivity contribution in [1.82, 2.24) is 14.8 Å². The number of aryl methyl sites for hydroxylation is 1. The van der Waals surface area contributed by atoms with Crippen molar-refractivity contribution in [3.8, 4) is 11.4 Å². The van der Waals surface area contributed by atoms with Crippen LogP contribution in [-0.4, -0.2) is 47.3 Å². The maximum absolute atomic E-state index is 11.8. The largest absolute Gasteiger partial charge is 0.313 e. The quantitative estimate of drug-likeness (QED) is 0.738. The van der Waals surface area contributed by atoms with E-state index in [2.05, 4.69) is 36.1 Å². The molecule has 0 amide bonds. The van der Waals surface area contributed by atoms with E-state index in [-0.39, 0.29) is 11.8 Å². The van der Waals surface area contributed by atoms with Gasteiger partial charge in [-0.25, -0.2) is 13.1 Å². The molecule has 1 aromatic carbocycles. The number of aromatic amines is 1. The van der Waals surface area contributed by atoms with E-state index in [0.29, 0.717) is 17.2 Å². The highest BCUT2D eigenvalue weighted by Crippen LogP contribution is 2.16. The fourth-order valence-electron chi connectivity index (χ4n) is 3.34. The van der Waals surface area contributed by atoms with Crippen LogP contribution < -0.4 is 4.90 Å². The molecule has 1 aliphatic rings. The normalized spacial score (nSPS) is 20.6. The Morgan fingerprint density at radius 3 is 2.60 bits per heavy atom. The summed E-state index contributed by atoms with van der Waals surface area (Å²) in [5.74, 6) is 1.32. The molecule has 1 aliphatic heterocycles. The molecule has 0 bridgehead atoms. The highest BCUT2D eigenvalue weighted by atomic mass is 32.2. The summed E-state index contributed by atoms with van der Waals surface area (Å²) in [5.41, 5.74) is 2.29. The predicted octanol–water partition coefficient (Wildman–Crippen LogP) is 1.22. The number of benzene rings is 1. The minimum absolute atomic E-state index is 0.132. The van der Waals surface area contributed by atoms with E-state index in [0.717, 1.165) is 30.8 Å². The average Bonchev–Trinajstić information content (AvgIpc) is 3.15. The standard InChI is InChI=1S/C17H24N4O2S2/c1-3-13-5-7-14(8-6-13)16-18-17(24)21(19-16)12-20(4-2)15-9-10-25(22,23)11-15/h5-8,15H,3-4,9-12H2,1-2H3,(H,18,19,24)/p+1/t15-/m1/s1. The van der Waals surface area contributed by atoms with Crippen molar-refractivity contribution < 1.29 is 13.3 Å². The van der Waals surface area contributed by atoms with Gasteiger partial charge < -0.3 is 4.90 Å². The third kappa shape index (κ3) is 4.19. The lowest BCUT2D eigenvalue weighted by atomic mass is 10.1. The third-order valence-electron chi connectivity index (χ3n) is 4.94. The zero-order valence-corrected chi connectivity index (χ0v) is 16.3. The van der Waals surface area contributed by atoms with Crippen LogP contribution in [0.4, 0.5) is 0 Å². The van der Waals surface area contributed by atoms with Crippen LogP contribution in [0.25, 0.3) is 11.4 Å². The summed E-state index contributed by atoms with van der Waals surface area (Å²) in [7, 11) is -2.88. The molecule has 2 atom stereocenters. The van der Waals surface area contributed by atoms with Gasteiger partial charge in [0.25, 0.3) is 0 Å². The second-order valence-corrected chi connectivity index (χ2v) is 9.20. The molecule has 0 saturated carbocycles. The van der Waals surface area contributed by atoms with Gasteiger partial charge in [-0.3, -0.25) is 5.10 Å². The van der Waals surface area contributed by atoms with Crippen LogP contribution in [0, 0.1) is 4.77 Å². The molecule has 2 aromatic rings. The molecular weight excluding hydrogens is 356 g/mol. The van der Waals surface area contributed by atoms with Crippen molar-refractivity contribution in [2.24, 2.45) is 0 Å². The molecule has 2 heterocycles. The Morgan fingerprint density at radius 1 is 1.32 bits per heavy atom. The molecule has 25 heavy (non-hydrogen) atoms. The van der Waals surface area contributed by atoms with Gasteiger partial charge in [-0.1, -0.05) is 31.2 Å². The summed E-state index contributed by atoms with van der Waals surface area (Å²) in [6.45, 7) is 5.66. The molecule has 0 spiro atoms. The fourth-order valence-corrected chi connectivity index (χ4v) is 5.37. The second kappa shape index (κ2) is 7.39. The summed E-state index contributed by atoms with van der Waals surface area (Å²) in [6, 6.07) is 8.42. The molecule has 8 heteroatoms. The third-order valence-corrected chi connectivity index (χ3v) is 7.02. The second-order valence-electron chi connectivity index (χ2n) is 6.60. The Hall–Kier alpha value is -1.51. The lowest BCUT2D eigenvalue weighted by Gasteiger charge is -2.23. The van der Waals surface area contributed by atoms with Crippen LogP contribution in [0.15, 0.2) is 24.3 Å². The monoisotopic (exact) mass is 381 g/mol. The van der Waals surface area contributed by atoms with Gasteiger partial charge in [-0.15, -0.1) is 0 Å². The Morgan fingerprint density at radius 2 is 2.04 bits per heavy atom. The van der Waals surface area contributed by atoms with Crippen LogP contribution in [0.3, 0.4) is 0 Å². The van der Waals surface area contributed by atoms with Crippen molar-refractivity contribution in [3.63, 3.8) is 0 Å². The van der Waals surface area contributed by atoms with E-state index in [4.69, 9.17) is 12.2 Å². The molecule has 1 saturated heterocycles. The number of hydrogen-bond acceptors (Lipinski definition) is 4.